The summed E-state index contributed by atoms with van der Waals surface area (Å²) in [7, 11) is 5.02. The number of likely N-dealkylation sites (N-methyl/N-ethyl adjacent to an activating group) is 1. The number of urea groups is 1. The molecule has 0 spiro atoms. The van der Waals surface area contributed by atoms with E-state index in [4.69, 9.17) is 4.74 Å². The van der Waals surface area contributed by atoms with Crippen molar-refractivity contribution in [3.63, 3.8) is 0 Å². The van der Waals surface area contributed by atoms with Crippen LogP contribution < -0.4 is 20.4 Å². The number of aromatic nitrogens is 2. The molecule has 1 fully saturated rings. The van der Waals surface area contributed by atoms with Crippen LogP contribution in [0.4, 0.5) is 10.5 Å². The first-order valence-corrected chi connectivity index (χ1v) is 8.55. The van der Waals surface area contributed by atoms with Gasteiger partial charge in [-0.15, -0.1) is 0 Å². The number of hydrogen-bond donors (Lipinski definition) is 2. The number of ether oxygens (including phenoxy) is 1. The van der Waals surface area contributed by atoms with Gasteiger partial charge in [-0.3, -0.25) is 19.7 Å². The lowest BCUT2D eigenvalue weighted by Gasteiger charge is -2.23. The van der Waals surface area contributed by atoms with Crippen LogP contribution in [0.15, 0.2) is 36.7 Å². The van der Waals surface area contributed by atoms with Gasteiger partial charge in [-0.1, -0.05) is 12.1 Å². The second kappa shape index (κ2) is 7.22. The second-order valence-electron chi connectivity index (χ2n) is 6.69. The Kier molecular flexibility index (Phi) is 4.95. The molecule has 0 bridgehead atoms. The van der Waals surface area contributed by atoms with E-state index < -0.39 is 23.4 Å². The number of hydrogen-bond acceptors (Lipinski definition) is 6. The van der Waals surface area contributed by atoms with Gasteiger partial charge in [-0.25, -0.2) is 4.79 Å². The van der Waals surface area contributed by atoms with Crippen molar-refractivity contribution in [3.8, 4) is 5.75 Å². The molecule has 1 saturated heterocycles. The number of aryl methyl sites for hydroxylation is 1. The van der Waals surface area contributed by atoms with Crippen molar-refractivity contribution < 1.29 is 19.1 Å². The minimum atomic E-state index is -1.29. The number of amides is 4. The number of hydrazine groups is 1. The Hall–Kier alpha value is -3.56. The summed E-state index contributed by atoms with van der Waals surface area (Å²) in [5, 5.41) is 7.39. The molecule has 3 rings (SSSR count). The molecule has 10 heteroatoms. The van der Waals surface area contributed by atoms with Crippen LogP contribution in [0.25, 0.3) is 0 Å². The Labute approximate surface area is 162 Å². The fourth-order valence-electron chi connectivity index (χ4n) is 2.93. The quantitative estimate of drug-likeness (QED) is 0.694. The summed E-state index contributed by atoms with van der Waals surface area (Å²) in [5.41, 5.74) is 2.40. The number of benzene rings is 1. The van der Waals surface area contributed by atoms with Gasteiger partial charge in [0.2, 0.25) is 0 Å². The van der Waals surface area contributed by atoms with E-state index in [1.54, 1.807) is 74.4 Å². The molecule has 0 radical (unpaired) electrons. The molecule has 1 aromatic carbocycles. The van der Waals surface area contributed by atoms with Gasteiger partial charge < -0.3 is 15.0 Å². The van der Waals surface area contributed by atoms with Gasteiger partial charge in [0, 0.05) is 20.3 Å². The van der Waals surface area contributed by atoms with Gasteiger partial charge in [-0.05, 0) is 24.6 Å². The van der Waals surface area contributed by atoms with E-state index in [2.05, 4.69) is 15.8 Å². The smallest absolute Gasteiger partial charge is 0.344 e. The molecular weight excluding hydrogens is 364 g/mol. The topological polar surface area (TPSA) is 109 Å². The standard InChI is InChI=1S/C18H22N6O4/c1-18(12-5-7-14(28-4)8-6-12)16(26)24(17(27)20-18)21-15(25)11-22(2)13-9-19-23(3)10-13/h5-10H,11H2,1-4H3,(H,20,27)(H,21,25). The molecule has 1 aliphatic rings. The van der Waals surface area contributed by atoms with Gasteiger partial charge in [-0.2, -0.15) is 10.1 Å². The number of methoxy groups -OCH3 is 1. The lowest BCUT2D eigenvalue weighted by molar-refractivity contribution is -0.138. The first-order chi connectivity index (χ1) is 13.2. The summed E-state index contributed by atoms with van der Waals surface area (Å²) in [5.74, 6) is -0.443. The molecule has 0 saturated carbocycles. The molecule has 1 unspecified atom stereocenters. The number of imide groups is 1. The third-order valence-electron chi connectivity index (χ3n) is 4.61. The molecule has 148 valence electrons. The van der Waals surface area contributed by atoms with E-state index >= 15 is 0 Å². The van der Waals surface area contributed by atoms with Crippen molar-refractivity contribution in [2.75, 3.05) is 25.6 Å². The zero-order chi connectivity index (χ0) is 20.5. The maximum atomic E-state index is 12.9. The van der Waals surface area contributed by atoms with Crippen molar-refractivity contribution in [2.24, 2.45) is 7.05 Å². The fraction of sp³-hybridized carbons (Fsp3) is 0.333. The first-order valence-electron chi connectivity index (χ1n) is 8.55. The van der Waals surface area contributed by atoms with Crippen molar-refractivity contribution >= 4 is 23.5 Å². The summed E-state index contributed by atoms with van der Waals surface area (Å²) in [6.45, 7) is 1.53. The van der Waals surface area contributed by atoms with E-state index in [0.29, 0.717) is 16.3 Å². The number of carbonyl (C=O) groups excluding carboxylic acids is 3. The number of anilines is 1. The Balaban J connectivity index is 1.69. The largest absolute Gasteiger partial charge is 0.497 e. The van der Waals surface area contributed by atoms with Gasteiger partial charge in [0.05, 0.1) is 25.5 Å². The summed E-state index contributed by atoms with van der Waals surface area (Å²) in [6, 6.07) is 6.09. The molecule has 1 aliphatic heterocycles. The number of nitrogens with one attached hydrogen (secondary N) is 2. The molecule has 0 aliphatic carbocycles. The van der Waals surface area contributed by atoms with Crippen LogP contribution in [0.2, 0.25) is 0 Å². The van der Waals surface area contributed by atoms with Crippen LogP contribution in [-0.4, -0.2) is 53.3 Å². The summed E-state index contributed by atoms with van der Waals surface area (Å²) in [4.78, 5) is 39.2. The SMILES string of the molecule is COc1ccc(C2(C)NC(=O)N(NC(=O)CN(C)c3cnn(C)c3)C2=O)cc1. The van der Waals surface area contributed by atoms with Crippen molar-refractivity contribution in [1.82, 2.24) is 25.5 Å². The summed E-state index contributed by atoms with van der Waals surface area (Å²) in [6.07, 6.45) is 3.36. The predicted octanol–water partition coefficient (Wildman–Crippen LogP) is 0.363. The molecule has 1 atom stereocenters. The molecule has 10 nitrogen and oxygen atoms in total. The van der Waals surface area contributed by atoms with Crippen LogP contribution >= 0.6 is 0 Å². The van der Waals surface area contributed by atoms with E-state index in [1.165, 1.54) is 0 Å². The Morgan fingerprint density at radius 3 is 2.57 bits per heavy atom. The maximum Gasteiger partial charge on any atom is 0.344 e. The Morgan fingerprint density at radius 2 is 2.00 bits per heavy atom. The molecule has 2 aromatic rings. The molecule has 2 heterocycles. The van der Waals surface area contributed by atoms with Crippen LogP contribution in [-0.2, 0) is 22.2 Å². The van der Waals surface area contributed by atoms with Crippen LogP contribution in [0.3, 0.4) is 0 Å². The summed E-state index contributed by atoms with van der Waals surface area (Å²) >= 11 is 0. The zero-order valence-electron chi connectivity index (χ0n) is 16.1. The normalized spacial score (nSPS) is 18.8. The summed E-state index contributed by atoms with van der Waals surface area (Å²) < 4.78 is 6.72. The third-order valence-corrected chi connectivity index (χ3v) is 4.61. The van der Waals surface area contributed by atoms with E-state index in [9.17, 15) is 14.4 Å². The van der Waals surface area contributed by atoms with Crippen molar-refractivity contribution in [3.05, 3.63) is 42.2 Å². The minimum absolute atomic E-state index is 0.0536. The van der Waals surface area contributed by atoms with Crippen molar-refractivity contribution in [1.29, 1.82) is 0 Å². The van der Waals surface area contributed by atoms with Crippen molar-refractivity contribution in [2.45, 2.75) is 12.5 Å². The number of rotatable bonds is 6. The molecular formula is C18H22N6O4. The highest BCUT2D eigenvalue weighted by Crippen LogP contribution is 2.29. The van der Waals surface area contributed by atoms with Gasteiger partial charge in [0.1, 0.15) is 11.3 Å². The van der Waals surface area contributed by atoms with Gasteiger partial charge in [0.25, 0.3) is 11.8 Å². The molecule has 28 heavy (non-hydrogen) atoms. The van der Waals surface area contributed by atoms with E-state index in [-0.39, 0.29) is 6.54 Å². The highest BCUT2D eigenvalue weighted by molar-refractivity contribution is 6.08. The first kappa shape index (κ1) is 19.2. The average Bonchev–Trinajstić information content (AvgIpc) is 3.19. The number of nitrogens with zero attached hydrogens (tertiary/aromatic N) is 4. The monoisotopic (exact) mass is 386 g/mol. The molecule has 2 N–H and O–H groups in total. The lowest BCUT2D eigenvalue weighted by atomic mass is 9.92. The van der Waals surface area contributed by atoms with Crippen LogP contribution in [0, 0.1) is 0 Å². The second-order valence-corrected chi connectivity index (χ2v) is 6.69. The van der Waals surface area contributed by atoms with Crippen LogP contribution in [0.5, 0.6) is 5.75 Å². The van der Waals surface area contributed by atoms with Crippen LogP contribution in [0.1, 0.15) is 12.5 Å². The van der Waals surface area contributed by atoms with E-state index in [1.807, 2.05) is 0 Å². The highest BCUT2D eigenvalue weighted by atomic mass is 16.5. The fourth-order valence-corrected chi connectivity index (χ4v) is 2.93. The predicted molar refractivity (Wildman–Crippen MR) is 100 cm³/mol. The third kappa shape index (κ3) is 3.48. The Bertz CT molecular complexity index is 909. The minimum Gasteiger partial charge on any atom is -0.497 e. The van der Waals surface area contributed by atoms with E-state index in [0.717, 1.165) is 5.69 Å². The lowest BCUT2D eigenvalue weighted by Crippen LogP contribution is -2.50. The van der Waals surface area contributed by atoms with Gasteiger partial charge >= 0.3 is 6.03 Å². The maximum absolute atomic E-state index is 12.9. The average molecular weight is 386 g/mol. The van der Waals surface area contributed by atoms with Gasteiger partial charge in [0.15, 0.2) is 0 Å². The molecule has 1 aromatic heterocycles. The molecule has 4 amide bonds. The highest BCUT2D eigenvalue weighted by Gasteiger charge is 2.50. The zero-order valence-corrected chi connectivity index (χ0v) is 16.1. The number of carbonyl (C=O) groups is 3. The Morgan fingerprint density at radius 1 is 1.32 bits per heavy atom.